The van der Waals surface area contributed by atoms with E-state index in [0.717, 1.165) is 88.8 Å². The molecular formula is C33H52N6O5. The van der Waals surface area contributed by atoms with Crippen LogP contribution in [0.25, 0.3) is 0 Å². The number of carbonyl (C=O) groups excluding carboxylic acids is 3. The van der Waals surface area contributed by atoms with Gasteiger partial charge in [-0.3, -0.25) is 9.69 Å². The molecule has 5 heterocycles. The van der Waals surface area contributed by atoms with Gasteiger partial charge in [-0.05, 0) is 58.8 Å². The molecule has 4 aliphatic heterocycles. The van der Waals surface area contributed by atoms with Crippen molar-refractivity contribution in [3.8, 4) is 0 Å². The molecular weight excluding hydrogens is 560 g/mol. The molecule has 0 saturated carbocycles. The summed E-state index contributed by atoms with van der Waals surface area (Å²) in [6.07, 6.45) is 9.69. The van der Waals surface area contributed by atoms with Crippen molar-refractivity contribution in [1.82, 2.24) is 29.6 Å². The quantitative estimate of drug-likeness (QED) is 0.438. The standard InChI is InChI=1S/C33H52N6O5/c1-6-7-8-27-22-38(21-26-9-15-37(16-10-26)30(41)43-5)31(42)44-33(27)13-19-39(20-14-33)32(4)11-17-36(18-12-32)29(40)28-24(2)34-23-35-25(28)3/h23,26-27H,6-22H2,1-5H3/t27-/m0/s1. The number of carbonyl (C=O) groups is 3. The zero-order valence-electron chi connectivity index (χ0n) is 27.5. The summed E-state index contributed by atoms with van der Waals surface area (Å²) in [6.45, 7) is 14.3. The van der Waals surface area contributed by atoms with E-state index in [1.807, 2.05) is 23.6 Å². The Morgan fingerprint density at radius 3 is 2.20 bits per heavy atom. The molecule has 1 aromatic rings. The number of rotatable bonds is 7. The van der Waals surface area contributed by atoms with Crippen molar-refractivity contribution in [2.45, 2.75) is 96.6 Å². The summed E-state index contributed by atoms with van der Waals surface area (Å²) in [5.74, 6) is 0.724. The molecule has 4 aliphatic rings. The van der Waals surface area contributed by atoms with E-state index in [0.29, 0.717) is 50.1 Å². The van der Waals surface area contributed by atoms with Crippen molar-refractivity contribution < 1.29 is 23.9 Å². The van der Waals surface area contributed by atoms with Crippen LogP contribution in [0.1, 0.15) is 93.4 Å². The molecule has 0 aliphatic carbocycles. The summed E-state index contributed by atoms with van der Waals surface area (Å²) in [5, 5.41) is 0. The maximum absolute atomic E-state index is 13.4. The molecule has 11 nitrogen and oxygen atoms in total. The Bertz CT molecular complexity index is 1160. The second kappa shape index (κ2) is 13.6. The molecule has 3 amide bonds. The molecule has 1 aromatic heterocycles. The molecule has 11 heteroatoms. The Labute approximate surface area is 262 Å². The monoisotopic (exact) mass is 612 g/mol. The van der Waals surface area contributed by atoms with Gasteiger partial charge in [-0.2, -0.15) is 0 Å². The van der Waals surface area contributed by atoms with Crippen LogP contribution >= 0.6 is 0 Å². The highest BCUT2D eigenvalue weighted by Gasteiger charge is 2.51. The van der Waals surface area contributed by atoms with Crippen molar-refractivity contribution in [1.29, 1.82) is 0 Å². The number of nitrogens with zero attached hydrogens (tertiary/aromatic N) is 6. The highest BCUT2D eigenvalue weighted by atomic mass is 16.6. The van der Waals surface area contributed by atoms with Crippen molar-refractivity contribution in [3.05, 3.63) is 23.3 Å². The second-order valence-electron chi connectivity index (χ2n) is 13.8. The van der Waals surface area contributed by atoms with Crippen LogP contribution < -0.4 is 0 Å². The summed E-state index contributed by atoms with van der Waals surface area (Å²) in [4.78, 5) is 55.4. The number of amides is 3. The Morgan fingerprint density at radius 2 is 1.61 bits per heavy atom. The van der Waals surface area contributed by atoms with Gasteiger partial charge in [0.15, 0.2) is 0 Å². The molecule has 0 N–H and O–H groups in total. The third kappa shape index (κ3) is 6.67. The third-order valence-corrected chi connectivity index (χ3v) is 11.1. The molecule has 5 rings (SSSR count). The van der Waals surface area contributed by atoms with Crippen LogP contribution in [-0.4, -0.2) is 118 Å². The fraction of sp³-hybridized carbons (Fsp3) is 0.788. The van der Waals surface area contributed by atoms with E-state index < -0.39 is 5.60 Å². The Kier molecular flexibility index (Phi) is 10.0. The van der Waals surface area contributed by atoms with E-state index in [1.54, 1.807) is 4.90 Å². The average molecular weight is 613 g/mol. The molecule has 4 saturated heterocycles. The van der Waals surface area contributed by atoms with Crippen LogP contribution in [0.2, 0.25) is 0 Å². The molecule has 0 bridgehead atoms. The van der Waals surface area contributed by atoms with E-state index in [-0.39, 0.29) is 23.6 Å². The summed E-state index contributed by atoms with van der Waals surface area (Å²) < 4.78 is 11.3. The van der Waals surface area contributed by atoms with Gasteiger partial charge >= 0.3 is 12.2 Å². The van der Waals surface area contributed by atoms with Crippen molar-refractivity contribution in [2.24, 2.45) is 11.8 Å². The normalized spacial score (nSPS) is 24.3. The SMILES string of the molecule is CCCC[C@H]1CN(CC2CCN(C(=O)OC)CC2)C(=O)OC12CCN(C1(C)CCN(C(=O)c3c(C)ncnc3C)CC1)CC2. The number of likely N-dealkylation sites (tertiary alicyclic amines) is 3. The minimum Gasteiger partial charge on any atom is -0.453 e. The van der Waals surface area contributed by atoms with E-state index in [4.69, 9.17) is 9.47 Å². The minimum atomic E-state index is -0.400. The lowest BCUT2D eigenvalue weighted by Gasteiger charge is -2.55. The van der Waals surface area contributed by atoms with Gasteiger partial charge in [0, 0.05) is 76.7 Å². The maximum atomic E-state index is 13.4. The Morgan fingerprint density at radius 1 is 0.977 bits per heavy atom. The summed E-state index contributed by atoms with van der Waals surface area (Å²) in [5.41, 5.74) is 1.72. The van der Waals surface area contributed by atoms with Crippen LogP contribution in [0.5, 0.6) is 0 Å². The number of piperidine rings is 3. The lowest BCUT2D eigenvalue weighted by Crippen LogP contribution is -2.64. The molecule has 0 unspecified atom stereocenters. The van der Waals surface area contributed by atoms with Crippen LogP contribution in [0.4, 0.5) is 9.59 Å². The first-order chi connectivity index (χ1) is 21.1. The zero-order chi connectivity index (χ0) is 31.5. The lowest BCUT2D eigenvalue weighted by atomic mass is 9.74. The number of hydrogen-bond acceptors (Lipinski definition) is 8. The van der Waals surface area contributed by atoms with Gasteiger partial charge in [-0.25, -0.2) is 19.6 Å². The van der Waals surface area contributed by atoms with Crippen LogP contribution in [-0.2, 0) is 9.47 Å². The molecule has 4 fully saturated rings. The molecule has 1 spiro atoms. The number of methoxy groups -OCH3 is 1. The fourth-order valence-corrected chi connectivity index (χ4v) is 8.03. The van der Waals surface area contributed by atoms with Gasteiger partial charge in [-0.1, -0.05) is 19.8 Å². The van der Waals surface area contributed by atoms with Crippen LogP contribution in [0, 0.1) is 25.7 Å². The van der Waals surface area contributed by atoms with Crippen molar-refractivity contribution in [2.75, 3.05) is 59.5 Å². The molecule has 244 valence electrons. The van der Waals surface area contributed by atoms with Crippen LogP contribution in [0.3, 0.4) is 0 Å². The van der Waals surface area contributed by atoms with Crippen LogP contribution in [0.15, 0.2) is 6.33 Å². The van der Waals surface area contributed by atoms with Gasteiger partial charge < -0.3 is 24.2 Å². The number of ether oxygens (including phenoxy) is 2. The topological polar surface area (TPSA) is 108 Å². The number of aryl methyl sites for hydroxylation is 2. The largest absolute Gasteiger partial charge is 0.453 e. The first-order valence-corrected chi connectivity index (χ1v) is 16.7. The average Bonchev–Trinajstić information content (AvgIpc) is 3.02. The van der Waals surface area contributed by atoms with Gasteiger partial charge in [0.2, 0.25) is 0 Å². The third-order valence-electron chi connectivity index (χ3n) is 11.1. The van der Waals surface area contributed by atoms with Gasteiger partial charge in [0.1, 0.15) is 11.9 Å². The predicted molar refractivity (Wildman–Crippen MR) is 166 cm³/mol. The summed E-state index contributed by atoms with van der Waals surface area (Å²) >= 11 is 0. The lowest BCUT2D eigenvalue weighted by molar-refractivity contribution is -0.134. The predicted octanol–water partition coefficient (Wildman–Crippen LogP) is 4.66. The van der Waals surface area contributed by atoms with E-state index in [9.17, 15) is 14.4 Å². The molecule has 0 aromatic carbocycles. The Hall–Kier alpha value is -2.95. The minimum absolute atomic E-state index is 0.0123. The fourth-order valence-electron chi connectivity index (χ4n) is 8.03. The van der Waals surface area contributed by atoms with E-state index >= 15 is 0 Å². The highest BCUT2D eigenvalue weighted by molar-refractivity contribution is 5.96. The van der Waals surface area contributed by atoms with E-state index in [2.05, 4.69) is 28.7 Å². The number of hydrogen-bond donors (Lipinski definition) is 0. The second-order valence-corrected chi connectivity index (χ2v) is 13.8. The van der Waals surface area contributed by atoms with Gasteiger partial charge in [0.05, 0.1) is 24.1 Å². The van der Waals surface area contributed by atoms with Gasteiger partial charge in [-0.15, -0.1) is 0 Å². The molecule has 44 heavy (non-hydrogen) atoms. The van der Waals surface area contributed by atoms with E-state index in [1.165, 1.54) is 13.4 Å². The Balaban J connectivity index is 1.17. The number of aromatic nitrogens is 2. The highest BCUT2D eigenvalue weighted by Crippen LogP contribution is 2.43. The first kappa shape index (κ1) is 32.4. The van der Waals surface area contributed by atoms with Crippen molar-refractivity contribution >= 4 is 18.1 Å². The smallest absolute Gasteiger partial charge is 0.410 e. The van der Waals surface area contributed by atoms with Gasteiger partial charge in [0.25, 0.3) is 5.91 Å². The summed E-state index contributed by atoms with van der Waals surface area (Å²) in [6, 6.07) is 0. The number of unbranched alkanes of at least 4 members (excludes halogenated alkanes) is 1. The molecule has 0 radical (unpaired) electrons. The maximum Gasteiger partial charge on any atom is 0.410 e. The zero-order valence-corrected chi connectivity index (χ0v) is 27.5. The summed E-state index contributed by atoms with van der Waals surface area (Å²) in [7, 11) is 1.42. The first-order valence-electron chi connectivity index (χ1n) is 16.7. The van der Waals surface area contributed by atoms with Crippen molar-refractivity contribution in [3.63, 3.8) is 0 Å². The molecule has 1 atom stereocenters.